The third kappa shape index (κ3) is 7.48. The van der Waals surface area contributed by atoms with Crippen LogP contribution in [-0.2, 0) is 16.0 Å². The first kappa shape index (κ1) is 28.5. The number of carbonyl (C=O) groups is 2. The molecule has 1 amide bonds. The first-order chi connectivity index (χ1) is 17.7. The van der Waals surface area contributed by atoms with Crippen molar-refractivity contribution < 1.29 is 42.1 Å². The van der Waals surface area contributed by atoms with E-state index in [4.69, 9.17) is 16.3 Å². The molecule has 0 atom stereocenters. The van der Waals surface area contributed by atoms with Crippen molar-refractivity contribution in [2.45, 2.75) is 39.3 Å². The van der Waals surface area contributed by atoms with Crippen LogP contribution in [0.2, 0.25) is 5.02 Å². The fourth-order valence-corrected chi connectivity index (χ4v) is 3.39. The SMILES string of the molecule is COC(=O)c1cc(-c2cnc(N(Cc3cccc(OC(F)(F)F)c3)C(=O)OC(C)(C)C)nc2)cc(O)c1Cl. The number of phenols is 1. The summed E-state index contributed by atoms with van der Waals surface area (Å²) >= 11 is 5.99. The number of hydrogen-bond donors (Lipinski definition) is 1. The Kier molecular flexibility index (Phi) is 8.35. The molecule has 0 unspecified atom stereocenters. The number of nitrogens with zero attached hydrogens (tertiary/aromatic N) is 3. The molecule has 0 aliphatic rings. The van der Waals surface area contributed by atoms with Crippen LogP contribution in [0, 0.1) is 0 Å². The first-order valence-electron chi connectivity index (χ1n) is 11.0. The zero-order valence-electron chi connectivity index (χ0n) is 20.7. The molecule has 0 saturated carbocycles. The van der Waals surface area contributed by atoms with Gasteiger partial charge in [-0.2, -0.15) is 0 Å². The number of alkyl halides is 3. The van der Waals surface area contributed by atoms with Crippen molar-refractivity contribution in [3.8, 4) is 22.6 Å². The molecule has 38 heavy (non-hydrogen) atoms. The summed E-state index contributed by atoms with van der Waals surface area (Å²) in [7, 11) is 1.16. The lowest BCUT2D eigenvalue weighted by molar-refractivity contribution is -0.274. The van der Waals surface area contributed by atoms with E-state index in [1.54, 1.807) is 20.8 Å². The number of amides is 1. The van der Waals surface area contributed by atoms with Crippen LogP contribution in [-0.4, -0.2) is 46.2 Å². The third-order valence-electron chi connectivity index (χ3n) is 4.76. The maximum Gasteiger partial charge on any atom is 0.573 e. The topological polar surface area (TPSA) is 111 Å². The molecule has 0 bridgehead atoms. The molecular weight excluding hydrogens is 531 g/mol. The highest BCUT2D eigenvalue weighted by Gasteiger charge is 2.31. The zero-order chi connectivity index (χ0) is 28.3. The number of halogens is 4. The second kappa shape index (κ2) is 11.1. The van der Waals surface area contributed by atoms with Crippen LogP contribution in [0.4, 0.5) is 23.9 Å². The lowest BCUT2D eigenvalue weighted by Crippen LogP contribution is -2.37. The highest BCUT2D eigenvalue weighted by Crippen LogP contribution is 2.34. The molecule has 0 aliphatic heterocycles. The number of ether oxygens (including phenoxy) is 3. The minimum atomic E-state index is -4.88. The molecule has 3 rings (SSSR count). The van der Waals surface area contributed by atoms with E-state index in [-0.39, 0.29) is 34.4 Å². The second-order valence-corrected chi connectivity index (χ2v) is 9.26. The average molecular weight is 554 g/mol. The summed E-state index contributed by atoms with van der Waals surface area (Å²) in [5, 5.41) is 9.95. The summed E-state index contributed by atoms with van der Waals surface area (Å²) in [6.45, 7) is 4.71. The van der Waals surface area contributed by atoms with E-state index in [0.717, 1.165) is 24.1 Å². The predicted octanol–water partition coefficient (Wildman–Crippen LogP) is 6.13. The number of rotatable bonds is 6. The van der Waals surface area contributed by atoms with Crippen molar-refractivity contribution in [3.05, 3.63) is 64.9 Å². The molecule has 3 aromatic rings. The Morgan fingerprint density at radius 3 is 2.29 bits per heavy atom. The minimum Gasteiger partial charge on any atom is -0.506 e. The van der Waals surface area contributed by atoms with E-state index in [1.807, 2.05) is 0 Å². The minimum absolute atomic E-state index is 0.0791. The first-order valence-corrected chi connectivity index (χ1v) is 11.3. The maximum absolute atomic E-state index is 13.0. The number of esters is 1. The van der Waals surface area contributed by atoms with Crippen molar-refractivity contribution >= 4 is 29.6 Å². The van der Waals surface area contributed by atoms with Gasteiger partial charge in [-0.1, -0.05) is 23.7 Å². The van der Waals surface area contributed by atoms with Crippen molar-refractivity contribution in [2.75, 3.05) is 12.0 Å². The zero-order valence-corrected chi connectivity index (χ0v) is 21.4. The molecule has 2 aromatic carbocycles. The Balaban J connectivity index is 1.96. The van der Waals surface area contributed by atoms with Gasteiger partial charge in [-0.05, 0) is 56.2 Å². The van der Waals surface area contributed by atoms with E-state index in [0.29, 0.717) is 11.1 Å². The molecule has 0 radical (unpaired) electrons. The van der Waals surface area contributed by atoms with Gasteiger partial charge in [0.15, 0.2) is 0 Å². The number of aromatic nitrogens is 2. The maximum atomic E-state index is 13.0. The standard InChI is InChI=1S/C25H23ClF3N3O6/c1-24(2,3)38-23(35)32(13-14-6-5-7-17(8-14)37-25(27,28)29)22-30-11-16(12-31-22)15-9-18(21(34)36-4)20(26)19(33)10-15/h5-12,33H,13H2,1-4H3. The predicted molar refractivity (Wildman–Crippen MR) is 131 cm³/mol. The van der Waals surface area contributed by atoms with Gasteiger partial charge in [-0.15, -0.1) is 13.2 Å². The Bertz CT molecular complexity index is 1330. The highest BCUT2D eigenvalue weighted by atomic mass is 35.5. The van der Waals surface area contributed by atoms with E-state index >= 15 is 0 Å². The Labute approximate surface area is 220 Å². The molecular formula is C25H23ClF3N3O6. The van der Waals surface area contributed by atoms with Gasteiger partial charge in [-0.3, -0.25) is 0 Å². The fraction of sp³-hybridized carbons (Fsp3) is 0.280. The molecule has 1 heterocycles. The lowest BCUT2D eigenvalue weighted by Gasteiger charge is -2.26. The van der Waals surface area contributed by atoms with Crippen molar-refractivity contribution in [2.24, 2.45) is 0 Å². The van der Waals surface area contributed by atoms with E-state index in [9.17, 15) is 27.9 Å². The van der Waals surface area contributed by atoms with Gasteiger partial charge >= 0.3 is 18.4 Å². The number of aromatic hydroxyl groups is 1. The van der Waals surface area contributed by atoms with Crippen LogP contribution in [0.1, 0.15) is 36.7 Å². The molecule has 1 N–H and O–H groups in total. The van der Waals surface area contributed by atoms with Gasteiger partial charge in [0.1, 0.15) is 17.1 Å². The molecule has 202 valence electrons. The molecule has 0 fully saturated rings. The van der Waals surface area contributed by atoms with Gasteiger partial charge in [0, 0.05) is 18.0 Å². The van der Waals surface area contributed by atoms with Gasteiger partial charge in [-0.25, -0.2) is 24.5 Å². The van der Waals surface area contributed by atoms with Crippen molar-refractivity contribution in [1.82, 2.24) is 9.97 Å². The van der Waals surface area contributed by atoms with Gasteiger partial charge in [0.25, 0.3) is 0 Å². The van der Waals surface area contributed by atoms with E-state index in [1.165, 1.54) is 36.7 Å². The number of anilines is 1. The van der Waals surface area contributed by atoms with Crippen LogP contribution < -0.4 is 9.64 Å². The van der Waals surface area contributed by atoms with Crippen LogP contribution in [0.25, 0.3) is 11.1 Å². The number of methoxy groups -OCH3 is 1. The normalized spacial score (nSPS) is 11.6. The summed E-state index contributed by atoms with van der Waals surface area (Å²) < 4.78 is 52.0. The number of benzene rings is 2. The van der Waals surface area contributed by atoms with Crippen LogP contribution >= 0.6 is 11.6 Å². The summed E-state index contributed by atoms with van der Waals surface area (Å²) in [6.07, 6.45) is -3.07. The second-order valence-electron chi connectivity index (χ2n) is 8.88. The smallest absolute Gasteiger partial charge is 0.506 e. The molecule has 9 nitrogen and oxygen atoms in total. The van der Waals surface area contributed by atoms with Crippen molar-refractivity contribution in [3.63, 3.8) is 0 Å². The lowest BCUT2D eigenvalue weighted by atomic mass is 10.0. The Morgan fingerprint density at radius 1 is 1.05 bits per heavy atom. The summed E-state index contributed by atoms with van der Waals surface area (Å²) in [5.74, 6) is -1.71. The number of phenolic OH excluding ortho intramolecular Hbond substituents is 1. The molecule has 0 aliphatic carbocycles. The Morgan fingerprint density at radius 2 is 1.71 bits per heavy atom. The van der Waals surface area contributed by atoms with E-state index in [2.05, 4.69) is 19.4 Å². The van der Waals surface area contributed by atoms with E-state index < -0.39 is 29.8 Å². The molecule has 13 heteroatoms. The van der Waals surface area contributed by atoms with Crippen LogP contribution in [0.15, 0.2) is 48.8 Å². The van der Waals surface area contributed by atoms with Crippen LogP contribution in [0.5, 0.6) is 11.5 Å². The van der Waals surface area contributed by atoms with Gasteiger partial charge < -0.3 is 19.3 Å². The number of hydrogen-bond acceptors (Lipinski definition) is 8. The largest absolute Gasteiger partial charge is 0.573 e. The van der Waals surface area contributed by atoms with Crippen LogP contribution in [0.3, 0.4) is 0 Å². The van der Waals surface area contributed by atoms with Gasteiger partial charge in [0.05, 0.1) is 24.2 Å². The summed E-state index contributed by atoms with van der Waals surface area (Å²) in [4.78, 5) is 34.4. The quantitative estimate of drug-likeness (QED) is 0.363. The fourth-order valence-electron chi connectivity index (χ4n) is 3.20. The molecule has 1 aromatic heterocycles. The molecule has 0 saturated heterocycles. The van der Waals surface area contributed by atoms with Crippen molar-refractivity contribution in [1.29, 1.82) is 0 Å². The highest BCUT2D eigenvalue weighted by molar-refractivity contribution is 6.35. The van der Waals surface area contributed by atoms with Gasteiger partial charge in [0.2, 0.25) is 5.95 Å². The average Bonchev–Trinajstić information content (AvgIpc) is 2.82. The number of carbonyl (C=O) groups excluding carboxylic acids is 2. The molecule has 0 spiro atoms. The monoisotopic (exact) mass is 553 g/mol. The Hall–Kier alpha value is -4.06. The summed E-state index contributed by atoms with van der Waals surface area (Å²) in [6, 6.07) is 7.78. The third-order valence-corrected chi connectivity index (χ3v) is 5.16. The summed E-state index contributed by atoms with van der Waals surface area (Å²) in [5.41, 5.74) is 0.0113.